The number of hydrogen-bond acceptors (Lipinski definition) is 4. The molecule has 2 heterocycles. The molecule has 142 valence electrons. The van der Waals surface area contributed by atoms with Crippen LogP contribution in [-0.2, 0) is 14.8 Å². The maximum Gasteiger partial charge on any atom is 0.257 e. The van der Waals surface area contributed by atoms with Gasteiger partial charge >= 0.3 is 0 Å². The molecule has 0 saturated heterocycles. The number of carbonyl (C=O) groups excluding carboxylic acids is 1. The minimum atomic E-state index is -3.49. The molecule has 0 saturated carbocycles. The first-order valence-corrected chi connectivity index (χ1v) is 10.3. The minimum absolute atomic E-state index is 0.174. The van der Waals surface area contributed by atoms with Crippen molar-refractivity contribution in [1.29, 1.82) is 0 Å². The molecule has 0 unspecified atom stereocenters. The summed E-state index contributed by atoms with van der Waals surface area (Å²) in [7, 11) is -1.61. The number of likely N-dealkylation sites (N-methyl/N-ethyl adjacent to an activating group) is 1. The van der Waals surface area contributed by atoms with E-state index < -0.39 is 10.0 Å². The number of allylic oxidation sites excluding steroid dienone is 3. The minimum Gasteiger partial charge on any atom is -0.350 e. The third-order valence-electron chi connectivity index (χ3n) is 4.62. The number of carbonyl (C=O) groups is 1. The van der Waals surface area contributed by atoms with E-state index in [1.807, 2.05) is 50.2 Å². The van der Waals surface area contributed by atoms with E-state index in [9.17, 15) is 13.2 Å². The summed E-state index contributed by atoms with van der Waals surface area (Å²) in [4.78, 5) is 14.5. The first-order valence-electron chi connectivity index (χ1n) is 8.84. The van der Waals surface area contributed by atoms with E-state index in [2.05, 4.69) is 5.32 Å². The van der Waals surface area contributed by atoms with Gasteiger partial charge in [-0.2, -0.15) is 4.31 Å². The number of benzene rings is 1. The topological polar surface area (TPSA) is 69.7 Å². The van der Waals surface area contributed by atoms with Crippen LogP contribution in [0.25, 0.3) is 5.70 Å². The van der Waals surface area contributed by atoms with Crippen LogP contribution in [0.3, 0.4) is 0 Å². The average Bonchev–Trinajstić information content (AvgIpc) is 3.04. The highest BCUT2D eigenvalue weighted by Gasteiger charge is 2.25. The van der Waals surface area contributed by atoms with Crippen LogP contribution < -0.4 is 5.32 Å². The summed E-state index contributed by atoms with van der Waals surface area (Å²) in [6, 6.07) is 6.60. The Morgan fingerprint density at radius 3 is 2.33 bits per heavy atom. The fourth-order valence-corrected chi connectivity index (χ4v) is 4.56. The summed E-state index contributed by atoms with van der Waals surface area (Å²) in [5.41, 5.74) is 2.81. The molecule has 1 aromatic carbocycles. The van der Waals surface area contributed by atoms with Crippen LogP contribution in [0.5, 0.6) is 0 Å². The summed E-state index contributed by atoms with van der Waals surface area (Å²) in [6.07, 6.45) is 9.35. The molecule has 0 spiro atoms. The lowest BCUT2D eigenvalue weighted by Crippen LogP contribution is -2.30. The lowest BCUT2D eigenvalue weighted by Gasteiger charge is -2.19. The first-order chi connectivity index (χ1) is 12.9. The van der Waals surface area contributed by atoms with Crippen molar-refractivity contribution < 1.29 is 13.2 Å². The second-order valence-corrected chi connectivity index (χ2v) is 8.17. The summed E-state index contributed by atoms with van der Waals surface area (Å²) in [5.74, 6) is -0.174. The molecule has 2 aliphatic rings. The van der Waals surface area contributed by atoms with Crippen molar-refractivity contribution >= 4 is 21.6 Å². The van der Waals surface area contributed by atoms with Crippen LogP contribution in [-0.4, -0.2) is 43.7 Å². The molecule has 0 bridgehead atoms. The van der Waals surface area contributed by atoms with Crippen molar-refractivity contribution in [2.24, 2.45) is 0 Å². The highest BCUT2D eigenvalue weighted by molar-refractivity contribution is 7.89. The molecule has 27 heavy (non-hydrogen) atoms. The van der Waals surface area contributed by atoms with Gasteiger partial charge in [0.1, 0.15) is 0 Å². The predicted molar refractivity (Wildman–Crippen MR) is 106 cm³/mol. The van der Waals surface area contributed by atoms with E-state index in [1.165, 1.54) is 4.31 Å². The summed E-state index contributed by atoms with van der Waals surface area (Å²) >= 11 is 0. The van der Waals surface area contributed by atoms with Gasteiger partial charge in [-0.1, -0.05) is 32.1 Å². The Hall–Kier alpha value is -2.64. The van der Waals surface area contributed by atoms with Gasteiger partial charge in [0.15, 0.2) is 0 Å². The third-order valence-corrected chi connectivity index (χ3v) is 6.68. The van der Waals surface area contributed by atoms with E-state index in [-0.39, 0.29) is 10.8 Å². The normalized spacial score (nSPS) is 19.6. The fourth-order valence-electron chi connectivity index (χ4n) is 3.10. The SMILES string of the molecule is CCN(CC)S(=O)(=O)c1ccc(C2=CC(=C3C=CC=CN3C)C(=O)N2)cc1. The number of nitrogens with zero attached hydrogens (tertiary/aromatic N) is 2. The molecule has 0 aliphatic carbocycles. The van der Waals surface area contributed by atoms with Crippen LogP contribution in [0, 0.1) is 0 Å². The van der Waals surface area contributed by atoms with Gasteiger partial charge in [0.2, 0.25) is 10.0 Å². The Balaban J connectivity index is 1.92. The molecule has 0 aromatic heterocycles. The molecule has 0 radical (unpaired) electrons. The zero-order chi connectivity index (χ0) is 19.6. The van der Waals surface area contributed by atoms with Crippen molar-refractivity contribution in [2.75, 3.05) is 20.1 Å². The molecule has 3 rings (SSSR count). The van der Waals surface area contributed by atoms with Crippen LogP contribution in [0.2, 0.25) is 0 Å². The molecule has 7 heteroatoms. The quantitative estimate of drug-likeness (QED) is 0.791. The number of amides is 1. The Morgan fingerprint density at radius 1 is 1.07 bits per heavy atom. The summed E-state index contributed by atoms with van der Waals surface area (Å²) in [6.45, 7) is 4.48. The number of hydrogen-bond donors (Lipinski definition) is 1. The van der Waals surface area contributed by atoms with Crippen LogP contribution in [0.15, 0.2) is 70.9 Å². The van der Waals surface area contributed by atoms with Crippen molar-refractivity contribution in [3.63, 3.8) is 0 Å². The molecule has 1 amide bonds. The summed E-state index contributed by atoms with van der Waals surface area (Å²) in [5, 5.41) is 2.86. The second-order valence-electron chi connectivity index (χ2n) is 6.24. The first kappa shape index (κ1) is 19.1. The second kappa shape index (κ2) is 7.54. The highest BCUT2D eigenvalue weighted by atomic mass is 32.2. The molecule has 2 aliphatic heterocycles. The van der Waals surface area contributed by atoms with Gasteiger partial charge in [-0.05, 0) is 35.9 Å². The van der Waals surface area contributed by atoms with E-state index in [1.54, 1.807) is 30.3 Å². The van der Waals surface area contributed by atoms with Crippen molar-refractivity contribution in [3.8, 4) is 0 Å². The molecular formula is C20H23N3O3S. The molecule has 0 atom stereocenters. The van der Waals surface area contributed by atoms with E-state index in [0.29, 0.717) is 24.4 Å². The van der Waals surface area contributed by atoms with Crippen LogP contribution >= 0.6 is 0 Å². The Labute approximate surface area is 160 Å². The van der Waals surface area contributed by atoms with Crippen LogP contribution in [0.4, 0.5) is 0 Å². The van der Waals surface area contributed by atoms with Gasteiger partial charge in [-0.15, -0.1) is 0 Å². The van der Waals surface area contributed by atoms with Gasteiger partial charge in [-0.3, -0.25) is 4.79 Å². The largest absolute Gasteiger partial charge is 0.350 e. The maximum atomic E-state index is 12.6. The number of rotatable bonds is 5. The molecule has 1 aromatic rings. The van der Waals surface area contributed by atoms with Crippen molar-refractivity contribution in [1.82, 2.24) is 14.5 Å². The average molecular weight is 385 g/mol. The molecule has 1 N–H and O–H groups in total. The van der Waals surface area contributed by atoms with Gasteiger partial charge in [-0.25, -0.2) is 8.42 Å². The Morgan fingerprint density at radius 2 is 1.74 bits per heavy atom. The highest BCUT2D eigenvalue weighted by Crippen LogP contribution is 2.26. The Kier molecular flexibility index (Phi) is 5.34. The zero-order valence-corrected chi connectivity index (χ0v) is 16.5. The fraction of sp³-hybridized carbons (Fsp3) is 0.250. The van der Waals surface area contributed by atoms with Crippen molar-refractivity contribution in [3.05, 3.63) is 71.6 Å². The van der Waals surface area contributed by atoms with Gasteiger partial charge in [0, 0.05) is 32.0 Å². The van der Waals surface area contributed by atoms with E-state index in [4.69, 9.17) is 0 Å². The maximum absolute atomic E-state index is 12.6. The summed E-state index contributed by atoms with van der Waals surface area (Å²) < 4.78 is 26.6. The van der Waals surface area contributed by atoms with E-state index >= 15 is 0 Å². The molecule has 0 fully saturated rings. The van der Waals surface area contributed by atoms with Gasteiger partial charge < -0.3 is 10.2 Å². The lowest BCUT2D eigenvalue weighted by atomic mass is 10.1. The van der Waals surface area contributed by atoms with Crippen molar-refractivity contribution in [2.45, 2.75) is 18.7 Å². The standard InChI is InChI=1S/C20H23N3O3S/c1-4-23(5-2)27(25,26)16-11-9-15(10-12-16)18-14-17(20(24)21-18)19-8-6-7-13-22(19)3/h6-14H,4-5H2,1-3H3,(H,21,24). The zero-order valence-electron chi connectivity index (χ0n) is 15.6. The lowest BCUT2D eigenvalue weighted by molar-refractivity contribution is -0.115. The number of sulfonamides is 1. The smallest absolute Gasteiger partial charge is 0.257 e. The Bertz CT molecular complexity index is 966. The monoisotopic (exact) mass is 385 g/mol. The van der Waals surface area contributed by atoms with Gasteiger partial charge in [0.25, 0.3) is 5.91 Å². The van der Waals surface area contributed by atoms with Gasteiger partial charge in [0.05, 0.1) is 16.2 Å². The molecule has 6 nitrogen and oxygen atoms in total. The molecular weight excluding hydrogens is 362 g/mol. The third kappa shape index (κ3) is 3.61. The predicted octanol–water partition coefficient (Wildman–Crippen LogP) is 2.46. The van der Waals surface area contributed by atoms with Crippen LogP contribution in [0.1, 0.15) is 19.4 Å². The van der Waals surface area contributed by atoms with E-state index in [0.717, 1.165) is 11.3 Å². The number of nitrogens with one attached hydrogen (secondary N) is 1.